The number of amides is 1. The van der Waals surface area contributed by atoms with Crippen molar-refractivity contribution in [3.8, 4) is 0 Å². The second-order valence-corrected chi connectivity index (χ2v) is 2.02. The van der Waals surface area contributed by atoms with Gasteiger partial charge in [-0.15, -0.1) is 0 Å². The molecule has 1 amide bonds. The molecule has 0 aromatic carbocycles. The van der Waals surface area contributed by atoms with Crippen LogP contribution in [-0.2, 0) is 19.1 Å². The van der Waals surface area contributed by atoms with Gasteiger partial charge < -0.3 is 10.1 Å². The van der Waals surface area contributed by atoms with Gasteiger partial charge >= 0.3 is 5.97 Å². The summed E-state index contributed by atoms with van der Waals surface area (Å²) < 4.78 is 4.55. The standard InChI is InChI=1S/C8H11NO4/c1-2-13-8(12)6-9-7(11)4-3-5-10/h3-5H,2,6H2,1H3,(H,9,11)/b4-3-. The van der Waals surface area contributed by atoms with Crippen LogP contribution in [0, 0.1) is 0 Å². The van der Waals surface area contributed by atoms with E-state index < -0.39 is 11.9 Å². The van der Waals surface area contributed by atoms with Gasteiger partial charge in [-0.2, -0.15) is 0 Å². The Morgan fingerprint density at radius 1 is 1.46 bits per heavy atom. The fourth-order valence-electron chi connectivity index (χ4n) is 0.557. The first-order valence-electron chi connectivity index (χ1n) is 3.76. The Hall–Kier alpha value is -1.65. The highest BCUT2D eigenvalue weighted by atomic mass is 16.5. The maximum Gasteiger partial charge on any atom is 0.325 e. The van der Waals surface area contributed by atoms with Gasteiger partial charge in [-0.05, 0) is 13.0 Å². The summed E-state index contributed by atoms with van der Waals surface area (Å²) in [5.74, 6) is -1.00. The van der Waals surface area contributed by atoms with Crippen molar-refractivity contribution in [2.45, 2.75) is 6.92 Å². The molecule has 0 aliphatic rings. The number of carbonyl (C=O) groups is 3. The number of hydrogen-bond acceptors (Lipinski definition) is 4. The van der Waals surface area contributed by atoms with Crippen molar-refractivity contribution < 1.29 is 19.1 Å². The number of nitrogens with one attached hydrogen (secondary N) is 1. The van der Waals surface area contributed by atoms with Crippen LogP contribution in [0.1, 0.15) is 6.92 Å². The fraction of sp³-hybridized carbons (Fsp3) is 0.375. The number of hydrogen-bond donors (Lipinski definition) is 1. The highest BCUT2D eigenvalue weighted by molar-refractivity contribution is 5.92. The Balaban J connectivity index is 3.63. The minimum Gasteiger partial charge on any atom is -0.465 e. The lowest BCUT2D eigenvalue weighted by atomic mass is 10.5. The van der Waals surface area contributed by atoms with Crippen LogP contribution in [-0.4, -0.2) is 31.3 Å². The summed E-state index contributed by atoms with van der Waals surface area (Å²) in [6.45, 7) is 1.76. The van der Waals surface area contributed by atoms with Gasteiger partial charge in [0.2, 0.25) is 5.91 Å². The van der Waals surface area contributed by atoms with Crippen molar-refractivity contribution in [2.75, 3.05) is 13.2 Å². The van der Waals surface area contributed by atoms with Crippen LogP contribution in [0.2, 0.25) is 0 Å². The molecule has 0 radical (unpaired) electrons. The van der Waals surface area contributed by atoms with Crippen molar-refractivity contribution in [3.63, 3.8) is 0 Å². The SMILES string of the molecule is CCOC(=O)CNC(=O)/C=C\C=O. The maximum atomic E-state index is 10.7. The van der Waals surface area contributed by atoms with E-state index in [9.17, 15) is 14.4 Å². The Morgan fingerprint density at radius 2 is 2.15 bits per heavy atom. The summed E-state index contributed by atoms with van der Waals surface area (Å²) in [7, 11) is 0. The highest BCUT2D eigenvalue weighted by Crippen LogP contribution is 1.76. The molecule has 5 heteroatoms. The van der Waals surface area contributed by atoms with Gasteiger partial charge in [-0.3, -0.25) is 14.4 Å². The molecule has 0 aromatic rings. The molecule has 13 heavy (non-hydrogen) atoms. The number of rotatable bonds is 5. The average molecular weight is 185 g/mol. The van der Waals surface area contributed by atoms with Crippen LogP contribution in [0.4, 0.5) is 0 Å². The van der Waals surface area contributed by atoms with Crippen molar-refractivity contribution in [1.29, 1.82) is 0 Å². The van der Waals surface area contributed by atoms with Crippen molar-refractivity contribution in [2.24, 2.45) is 0 Å². The van der Waals surface area contributed by atoms with E-state index in [2.05, 4.69) is 10.1 Å². The molecule has 0 heterocycles. The molecule has 1 N–H and O–H groups in total. The third-order valence-corrected chi connectivity index (χ3v) is 1.04. The molecule has 0 spiro atoms. The Kier molecular flexibility index (Phi) is 6.13. The zero-order chi connectivity index (χ0) is 10.1. The largest absolute Gasteiger partial charge is 0.465 e. The first-order chi connectivity index (χ1) is 6.20. The van der Waals surface area contributed by atoms with Crippen LogP contribution in [0.3, 0.4) is 0 Å². The van der Waals surface area contributed by atoms with Gasteiger partial charge in [-0.1, -0.05) is 0 Å². The molecule has 5 nitrogen and oxygen atoms in total. The van der Waals surface area contributed by atoms with E-state index in [0.717, 1.165) is 12.2 Å². The van der Waals surface area contributed by atoms with Crippen LogP contribution in [0.15, 0.2) is 12.2 Å². The van der Waals surface area contributed by atoms with Crippen molar-refractivity contribution in [3.05, 3.63) is 12.2 Å². The lowest BCUT2D eigenvalue weighted by molar-refractivity contribution is -0.143. The third kappa shape index (κ3) is 6.74. The van der Waals surface area contributed by atoms with Gasteiger partial charge in [0.25, 0.3) is 0 Å². The van der Waals surface area contributed by atoms with Gasteiger partial charge in [-0.25, -0.2) is 0 Å². The Morgan fingerprint density at radius 3 is 2.69 bits per heavy atom. The van der Waals surface area contributed by atoms with E-state index in [1.165, 1.54) is 0 Å². The first-order valence-corrected chi connectivity index (χ1v) is 3.76. The Bertz CT molecular complexity index is 222. The van der Waals surface area contributed by atoms with Crippen LogP contribution in [0.25, 0.3) is 0 Å². The minimum absolute atomic E-state index is 0.185. The summed E-state index contributed by atoms with van der Waals surface area (Å²) in [6, 6.07) is 0. The normalized spacial score (nSPS) is 9.62. The molecule has 0 bridgehead atoms. The van der Waals surface area contributed by atoms with Crippen LogP contribution >= 0.6 is 0 Å². The highest BCUT2D eigenvalue weighted by Gasteiger charge is 2.01. The number of aldehydes is 1. The summed E-state index contributed by atoms with van der Waals surface area (Å²) >= 11 is 0. The first kappa shape index (κ1) is 11.4. The predicted molar refractivity (Wildman–Crippen MR) is 44.8 cm³/mol. The zero-order valence-electron chi connectivity index (χ0n) is 7.28. The average Bonchev–Trinajstić information content (AvgIpc) is 2.12. The maximum absolute atomic E-state index is 10.7. The number of esters is 1. The molecular weight excluding hydrogens is 174 g/mol. The van der Waals surface area contributed by atoms with Gasteiger partial charge in [0.1, 0.15) is 12.8 Å². The number of ether oxygens (including phenoxy) is 1. The van der Waals surface area contributed by atoms with E-state index in [1.807, 2.05) is 0 Å². The van der Waals surface area contributed by atoms with Gasteiger partial charge in [0, 0.05) is 6.08 Å². The minimum atomic E-state index is -0.504. The fourth-order valence-corrected chi connectivity index (χ4v) is 0.557. The van der Waals surface area contributed by atoms with Crippen molar-refractivity contribution >= 4 is 18.2 Å². The third-order valence-electron chi connectivity index (χ3n) is 1.04. The van der Waals surface area contributed by atoms with E-state index in [-0.39, 0.29) is 13.2 Å². The van der Waals surface area contributed by atoms with Gasteiger partial charge in [0.15, 0.2) is 0 Å². The molecule has 0 fully saturated rings. The number of carbonyl (C=O) groups excluding carboxylic acids is 3. The second-order valence-electron chi connectivity index (χ2n) is 2.02. The van der Waals surface area contributed by atoms with E-state index in [1.54, 1.807) is 6.92 Å². The zero-order valence-corrected chi connectivity index (χ0v) is 7.28. The molecule has 0 rings (SSSR count). The lowest BCUT2D eigenvalue weighted by Crippen LogP contribution is -2.29. The monoisotopic (exact) mass is 185 g/mol. The Labute approximate surface area is 75.8 Å². The molecule has 0 unspecified atom stereocenters. The summed E-state index contributed by atoms with van der Waals surface area (Å²) in [6.07, 6.45) is 2.55. The molecular formula is C8H11NO4. The molecule has 0 aliphatic carbocycles. The molecule has 0 saturated carbocycles. The number of allylic oxidation sites excluding steroid dienone is 1. The predicted octanol–water partition coefficient (Wildman–Crippen LogP) is -0.579. The topological polar surface area (TPSA) is 72.5 Å². The molecule has 0 aliphatic heterocycles. The summed E-state index contributed by atoms with van der Waals surface area (Å²) in [5.41, 5.74) is 0. The molecule has 72 valence electrons. The van der Waals surface area contributed by atoms with Crippen LogP contribution in [0.5, 0.6) is 0 Å². The quantitative estimate of drug-likeness (QED) is 0.353. The van der Waals surface area contributed by atoms with E-state index in [4.69, 9.17) is 0 Å². The molecule has 0 saturated heterocycles. The summed E-state index contributed by atoms with van der Waals surface area (Å²) in [5, 5.41) is 2.24. The van der Waals surface area contributed by atoms with E-state index >= 15 is 0 Å². The molecule has 0 atom stereocenters. The summed E-state index contributed by atoms with van der Waals surface area (Å²) in [4.78, 5) is 31.2. The lowest BCUT2D eigenvalue weighted by Gasteiger charge is -2.01. The van der Waals surface area contributed by atoms with Gasteiger partial charge in [0.05, 0.1) is 6.61 Å². The van der Waals surface area contributed by atoms with Crippen molar-refractivity contribution in [1.82, 2.24) is 5.32 Å². The second kappa shape index (κ2) is 7.02. The van der Waals surface area contributed by atoms with E-state index in [0.29, 0.717) is 6.29 Å². The smallest absolute Gasteiger partial charge is 0.325 e. The van der Waals surface area contributed by atoms with Crippen LogP contribution < -0.4 is 5.32 Å². The molecule has 0 aromatic heterocycles.